The average molecular weight is 433 g/mol. The standard InChI is InChI=1S/C23H26ClFN2O3/c1-2-11-29-16-20(28)14-27(13-18-5-3-4-6-22(18)25)15-21-12-23(26-30-21)17-7-9-19(24)10-8-17/h2-10,20-21,28H,1,11-16H2. The third-order valence-corrected chi connectivity index (χ3v) is 4.99. The number of nitrogens with zero attached hydrogens (tertiary/aromatic N) is 2. The molecule has 160 valence electrons. The number of hydrogen-bond donors (Lipinski definition) is 1. The van der Waals surface area contributed by atoms with E-state index in [9.17, 15) is 9.50 Å². The summed E-state index contributed by atoms with van der Waals surface area (Å²) in [5.41, 5.74) is 2.37. The van der Waals surface area contributed by atoms with Crippen LogP contribution >= 0.6 is 11.6 Å². The third-order valence-electron chi connectivity index (χ3n) is 4.74. The molecular formula is C23H26ClFN2O3. The Kier molecular flexibility index (Phi) is 8.39. The van der Waals surface area contributed by atoms with Crippen LogP contribution in [0, 0.1) is 5.82 Å². The molecule has 2 aromatic carbocycles. The van der Waals surface area contributed by atoms with Crippen LogP contribution in [0.25, 0.3) is 0 Å². The Hall–Kier alpha value is -2.25. The van der Waals surface area contributed by atoms with Crippen LogP contribution in [0.4, 0.5) is 4.39 Å². The number of ether oxygens (including phenoxy) is 1. The van der Waals surface area contributed by atoms with Crippen molar-refractivity contribution in [3.05, 3.63) is 83.2 Å². The number of aliphatic hydroxyl groups excluding tert-OH is 1. The molecule has 0 spiro atoms. The van der Waals surface area contributed by atoms with Crippen LogP contribution in [0.5, 0.6) is 0 Å². The Balaban J connectivity index is 1.62. The van der Waals surface area contributed by atoms with Gasteiger partial charge in [-0.1, -0.05) is 53.2 Å². The molecule has 1 heterocycles. The lowest BCUT2D eigenvalue weighted by molar-refractivity contribution is 0.00310. The van der Waals surface area contributed by atoms with E-state index in [1.165, 1.54) is 6.07 Å². The highest BCUT2D eigenvalue weighted by Gasteiger charge is 2.26. The molecule has 0 aliphatic carbocycles. The van der Waals surface area contributed by atoms with E-state index in [-0.39, 0.29) is 18.5 Å². The molecule has 1 aliphatic heterocycles. The largest absolute Gasteiger partial charge is 0.390 e. The summed E-state index contributed by atoms with van der Waals surface area (Å²) < 4.78 is 19.5. The van der Waals surface area contributed by atoms with Gasteiger partial charge in [-0.15, -0.1) is 6.58 Å². The van der Waals surface area contributed by atoms with Crippen molar-refractivity contribution in [3.63, 3.8) is 0 Å². The van der Waals surface area contributed by atoms with Crippen LogP contribution in [-0.2, 0) is 16.1 Å². The number of halogens is 2. The van der Waals surface area contributed by atoms with Crippen LogP contribution in [0.1, 0.15) is 17.5 Å². The van der Waals surface area contributed by atoms with Crippen molar-refractivity contribution >= 4 is 17.3 Å². The molecule has 5 nitrogen and oxygen atoms in total. The summed E-state index contributed by atoms with van der Waals surface area (Å²) in [4.78, 5) is 7.59. The van der Waals surface area contributed by atoms with Gasteiger partial charge in [0.15, 0.2) is 0 Å². The topological polar surface area (TPSA) is 54.3 Å². The van der Waals surface area contributed by atoms with E-state index in [0.717, 1.165) is 11.3 Å². The minimum atomic E-state index is -0.713. The molecule has 0 radical (unpaired) electrons. The molecule has 0 aromatic heterocycles. The van der Waals surface area contributed by atoms with Gasteiger partial charge in [0.05, 0.1) is 25.0 Å². The van der Waals surface area contributed by atoms with Gasteiger partial charge in [0, 0.05) is 36.6 Å². The first-order chi connectivity index (χ1) is 14.5. The van der Waals surface area contributed by atoms with Crippen molar-refractivity contribution in [3.8, 4) is 0 Å². The molecule has 0 saturated heterocycles. The number of hydrogen-bond acceptors (Lipinski definition) is 5. The monoisotopic (exact) mass is 432 g/mol. The van der Waals surface area contributed by atoms with Gasteiger partial charge < -0.3 is 14.7 Å². The first-order valence-electron chi connectivity index (χ1n) is 9.86. The predicted octanol–water partition coefficient (Wildman–Crippen LogP) is 4.04. The van der Waals surface area contributed by atoms with Gasteiger partial charge in [0.25, 0.3) is 0 Å². The van der Waals surface area contributed by atoms with Gasteiger partial charge in [-0.25, -0.2) is 4.39 Å². The fourth-order valence-corrected chi connectivity index (χ4v) is 3.46. The summed E-state index contributed by atoms with van der Waals surface area (Å²) in [6, 6.07) is 14.1. The van der Waals surface area contributed by atoms with E-state index in [1.54, 1.807) is 24.3 Å². The van der Waals surface area contributed by atoms with Crippen LogP contribution in [-0.4, -0.2) is 54.2 Å². The van der Waals surface area contributed by atoms with Crippen molar-refractivity contribution in [1.29, 1.82) is 0 Å². The van der Waals surface area contributed by atoms with Crippen molar-refractivity contribution in [2.24, 2.45) is 5.16 Å². The molecule has 2 atom stereocenters. The molecule has 0 bridgehead atoms. The zero-order valence-corrected chi connectivity index (χ0v) is 17.5. The van der Waals surface area contributed by atoms with Gasteiger partial charge in [-0.05, 0) is 23.8 Å². The van der Waals surface area contributed by atoms with Crippen LogP contribution in [0.3, 0.4) is 0 Å². The zero-order valence-electron chi connectivity index (χ0n) is 16.7. The maximum atomic E-state index is 14.2. The number of benzene rings is 2. The van der Waals surface area contributed by atoms with Crippen molar-refractivity contribution in [1.82, 2.24) is 4.90 Å². The Labute approximate surface area is 181 Å². The van der Waals surface area contributed by atoms with Crippen LogP contribution < -0.4 is 0 Å². The molecule has 0 amide bonds. The normalized spacial score (nSPS) is 16.9. The minimum absolute atomic E-state index is 0.178. The molecule has 7 heteroatoms. The predicted molar refractivity (Wildman–Crippen MR) is 116 cm³/mol. The fraction of sp³-hybridized carbons (Fsp3) is 0.348. The van der Waals surface area contributed by atoms with E-state index in [2.05, 4.69) is 11.7 Å². The van der Waals surface area contributed by atoms with Crippen LogP contribution in [0.15, 0.2) is 66.3 Å². The first-order valence-corrected chi connectivity index (χ1v) is 10.2. The fourth-order valence-electron chi connectivity index (χ4n) is 3.34. The van der Waals surface area contributed by atoms with Gasteiger partial charge >= 0.3 is 0 Å². The summed E-state index contributed by atoms with van der Waals surface area (Å²) in [6.45, 7) is 5.30. The minimum Gasteiger partial charge on any atom is -0.390 e. The quantitative estimate of drug-likeness (QED) is 0.430. The molecule has 1 aliphatic rings. The molecule has 30 heavy (non-hydrogen) atoms. The van der Waals surface area contributed by atoms with Crippen molar-refractivity contribution < 1.29 is 19.1 Å². The second-order valence-electron chi connectivity index (χ2n) is 7.24. The average Bonchev–Trinajstić information content (AvgIpc) is 3.19. The summed E-state index contributed by atoms with van der Waals surface area (Å²) in [5, 5.41) is 15.2. The lowest BCUT2D eigenvalue weighted by atomic mass is 10.0. The summed E-state index contributed by atoms with van der Waals surface area (Å²) in [6.07, 6.45) is 1.35. The number of oxime groups is 1. The Morgan fingerprint density at radius 2 is 2.07 bits per heavy atom. The summed E-state index contributed by atoms with van der Waals surface area (Å²) in [7, 11) is 0. The highest BCUT2D eigenvalue weighted by atomic mass is 35.5. The molecular weight excluding hydrogens is 407 g/mol. The van der Waals surface area contributed by atoms with E-state index >= 15 is 0 Å². The lowest BCUT2D eigenvalue weighted by Crippen LogP contribution is -2.39. The lowest BCUT2D eigenvalue weighted by Gasteiger charge is -2.27. The Bertz CT molecular complexity index is 860. The van der Waals surface area contributed by atoms with Gasteiger partial charge in [0.2, 0.25) is 0 Å². The van der Waals surface area contributed by atoms with E-state index in [0.29, 0.717) is 43.2 Å². The Morgan fingerprint density at radius 1 is 1.30 bits per heavy atom. The molecule has 0 saturated carbocycles. The highest BCUT2D eigenvalue weighted by Crippen LogP contribution is 2.20. The third kappa shape index (κ3) is 6.64. The van der Waals surface area contributed by atoms with Gasteiger partial charge in [-0.2, -0.15) is 0 Å². The SMILES string of the molecule is C=CCOCC(O)CN(Cc1ccccc1F)CC1CC(c2ccc(Cl)cc2)=NO1. The molecule has 3 rings (SSSR count). The summed E-state index contributed by atoms with van der Waals surface area (Å²) >= 11 is 5.95. The highest BCUT2D eigenvalue weighted by molar-refractivity contribution is 6.30. The smallest absolute Gasteiger partial charge is 0.145 e. The zero-order chi connectivity index (χ0) is 21.3. The maximum Gasteiger partial charge on any atom is 0.145 e. The molecule has 1 N–H and O–H groups in total. The molecule has 0 fully saturated rings. The van der Waals surface area contributed by atoms with E-state index < -0.39 is 6.10 Å². The maximum absolute atomic E-state index is 14.2. The summed E-state index contributed by atoms with van der Waals surface area (Å²) in [5.74, 6) is -0.273. The molecule has 2 unspecified atom stereocenters. The van der Waals surface area contributed by atoms with Gasteiger partial charge in [0.1, 0.15) is 11.9 Å². The number of rotatable bonds is 11. The van der Waals surface area contributed by atoms with E-state index in [1.807, 2.05) is 29.2 Å². The first kappa shape index (κ1) is 22.4. The van der Waals surface area contributed by atoms with Crippen molar-refractivity contribution in [2.45, 2.75) is 25.2 Å². The second kappa shape index (κ2) is 11.2. The van der Waals surface area contributed by atoms with Crippen molar-refractivity contribution in [2.75, 3.05) is 26.3 Å². The molecule has 2 aromatic rings. The second-order valence-corrected chi connectivity index (χ2v) is 7.68. The van der Waals surface area contributed by atoms with Gasteiger partial charge in [-0.3, -0.25) is 4.90 Å². The van der Waals surface area contributed by atoms with E-state index in [4.69, 9.17) is 21.2 Å². The van der Waals surface area contributed by atoms with Crippen LogP contribution in [0.2, 0.25) is 5.02 Å². The Morgan fingerprint density at radius 3 is 2.80 bits per heavy atom. The number of aliphatic hydroxyl groups is 1.